The predicted octanol–water partition coefficient (Wildman–Crippen LogP) is 2.69. The summed E-state index contributed by atoms with van der Waals surface area (Å²) in [5.74, 6) is -1.87. The van der Waals surface area contributed by atoms with Crippen LogP contribution in [0.1, 0.15) is 17.3 Å². The molecule has 0 saturated carbocycles. The number of anilines is 1. The quantitative estimate of drug-likeness (QED) is 0.578. The van der Waals surface area contributed by atoms with E-state index in [2.05, 4.69) is 15.6 Å². The molecule has 0 aliphatic carbocycles. The molecule has 0 saturated heterocycles. The molecule has 0 spiro atoms. The first-order valence-electron chi connectivity index (χ1n) is 7.51. The molecule has 0 bridgehead atoms. The summed E-state index contributed by atoms with van der Waals surface area (Å²) in [5, 5.41) is 5.30. The molecule has 0 unspecified atom stereocenters. The lowest BCUT2D eigenvalue weighted by molar-refractivity contribution is -0.148. The number of nitrogens with zero attached hydrogens (tertiary/aromatic N) is 1. The molecule has 2 N–H and O–H groups in total. The van der Waals surface area contributed by atoms with Gasteiger partial charge in [-0.2, -0.15) is 0 Å². The molecule has 1 atom stereocenters. The number of amides is 2. The SMILES string of the molecule is C[C@H](NC(=O)c1ccccc1Cl)C(=O)OCC(=O)Nc1cccnc1Cl. The fourth-order valence-corrected chi connectivity index (χ4v) is 2.29. The average Bonchev–Trinajstić information content (AvgIpc) is 2.61. The molecule has 136 valence electrons. The third-order valence-corrected chi connectivity index (χ3v) is 3.83. The van der Waals surface area contributed by atoms with E-state index in [1.165, 1.54) is 19.2 Å². The third kappa shape index (κ3) is 5.44. The Hall–Kier alpha value is -2.64. The Morgan fingerprint density at radius 2 is 1.88 bits per heavy atom. The van der Waals surface area contributed by atoms with Gasteiger partial charge in [0, 0.05) is 6.20 Å². The summed E-state index contributed by atoms with van der Waals surface area (Å²) >= 11 is 11.7. The van der Waals surface area contributed by atoms with Crippen LogP contribution in [0.2, 0.25) is 10.2 Å². The summed E-state index contributed by atoms with van der Waals surface area (Å²) in [6, 6.07) is 8.62. The highest BCUT2D eigenvalue weighted by molar-refractivity contribution is 6.34. The Morgan fingerprint density at radius 3 is 2.58 bits per heavy atom. The van der Waals surface area contributed by atoms with E-state index < -0.39 is 30.4 Å². The average molecular weight is 396 g/mol. The van der Waals surface area contributed by atoms with Crippen LogP contribution in [0.25, 0.3) is 0 Å². The third-order valence-electron chi connectivity index (χ3n) is 3.20. The summed E-state index contributed by atoms with van der Waals surface area (Å²) in [7, 11) is 0. The fourth-order valence-electron chi connectivity index (χ4n) is 1.91. The second-order valence-corrected chi connectivity index (χ2v) is 5.94. The number of aromatic nitrogens is 1. The van der Waals surface area contributed by atoms with E-state index in [0.29, 0.717) is 5.69 Å². The van der Waals surface area contributed by atoms with Gasteiger partial charge in [-0.3, -0.25) is 9.59 Å². The van der Waals surface area contributed by atoms with Gasteiger partial charge in [-0.15, -0.1) is 0 Å². The molecule has 2 rings (SSSR count). The molecule has 26 heavy (non-hydrogen) atoms. The van der Waals surface area contributed by atoms with E-state index in [-0.39, 0.29) is 15.7 Å². The second kappa shape index (κ2) is 9.17. The van der Waals surface area contributed by atoms with Crippen molar-refractivity contribution in [3.63, 3.8) is 0 Å². The number of benzene rings is 1. The number of ether oxygens (including phenoxy) is 1. The number of nitrogens with one attached hydrogen (secondary N) is 2. The van der Waals surface area contributed by atoms with E-state index in [1.54, 1.807) is 30.3 Å². The predicted molar refractivity (Wildman–Crippen MR) is 97.2 cm³/mol. The van der Waals surface area contributed by atoms with Crippen LogP contribution < -0.4 is 10.6 Å². The lowest BCUT2D eigenvalue weighted by atomic mass is 10.2. The number of pyridine rings is 1. The van der Waals surface area contributed by atoms with Gasteiger partial charge in [-0.05, 0) is 31.2 Å². The van der Waals surface area contributed by atoms with Crippen molar-refractivity contribution in [2.45, 2.75) is 13.0 Å². The van der Waals surface area contributed by atoms with Crippen molar-refractivity contribution in [3.05, 3.63) is 58.3 Å². The summed E-state index contributed by atoms with van der Waals surface area (Å²) in [4.78, 5) is 39.6. The lowest BCUT2D eigenvalue weighted by Gasteiger charge is -2.14. The Kier molecular flexibility index (Phi) is 6.94. The number of esters is 1. The van der Waals surface area contributed by atoms with Crippen molar-refractivity contribution in [3.8, 4) is 0 Å². The maximum atomic E-state index is 12.1. The van der Waals surface area contributed by atoms with Gasteiger partial charge in [-0.25, -0.2) is 9.78 Å². The van der Waals surface area contributed by atoms with Crippen LogP contribution in [-0.2, 0) is 14.3 Å². The van der Waals surface area contributed by atoms with Gasteiger partial charge >= 0.3 is 5.97 Å². The van der Waals surface area contributed by atoms with Crippen molar-refractivity contribution in [1.82, 2.24) is 10.3 Å². The molecule has 2 aromatic rings. The summed E-state index contributed by atoms with van der Waals surface area (Å²) in [6.07, 6.45) is 1.47. The van der Waals surface area contributed by atoms with Crippen LogP contribution >= 0.6 is 23.2 Å². The normalized spacial score (nSPS) is 11.3. The van der Waals surface area contributed by atoms with Crippen molar-refractivity contribution in [2.24, 2.45) is 0 Å². The van der Waals surface area contributed by atoms with Crippen LogP contribution in [0.3, 0.4) is 0 Å². The zero-order chi connectivity index (χ0) is 19.1. The molecule has 7 nitrogen and oxygen atoms in total. The highest BCUT2D eigenvalue weighted by Gasteiger charge is 2.20. The van der Waals surface area contributed by atoms with E-state index in [0.717, 1.165) is 0 Å². The van der Waals surface area contributed by atoms with Crippen LogP contribution in [0.4, 0.5) is 5.69 Å². The van der Waals surface area contributed by atoms with Crippen LogP contribution in [-0.4, -0.2) is 35.4 Å². The molecule has 1 aromatic heterocycles. The molecule has 0 aliphatic rings. The van der Waals surface area contributed by atoms with E-state index >= 15 is 0 Å². The molecule has 2 amide bonds. The number of hydrogen-bond donors (Lipinski definition) is 2. The Morgan fingerprint density at radius 1 is 1.15 bits per heavy atom. The molecule has 0 fully saturated rings. The van der Waals surface area contributed by atoms with Crippen molar-refractivity contribution in [2.75, 3.05) is 11.9 Å². The van der Waals surface area contributed by atoms with Gasteiger partial charge < -0.3 is 15.4 Å². The topological polar surface area (TPSA) is 97.4 Å². The Bertz CT molecular complexity index is 829. The second-order valence-electron chi connectivity index (χ2n) is 5.17. The number of carbonyl (C=O) groups is 3. The van der Waals surface area contributed by atoms with Gasteiger partial charge in [0.1, 0.15) is 6.04 Å². The number of halogens is 2. The smallest absolute Gasteiger partial charge is 0.328 e. The zero-order valence-corrected chi connectivity index (χ0v) is 15.2. The molecule has 1 aromatic carbocycles. The first-order chi connectivity index (χ1) is 12.4. The van der Waals surface area contributed by atoms with E-state index in [1.807, 2.05) is 0 Å². The van der Waals surface area contributed by atoms with Crippen LogP contribution in [0.5, 0.6) is 0 Å². The van der Waals surface area contributed by atoms with Crippen LogP contribution in [0, 0.1) is 0 Å². The highest BCUT2D eigenvalue weighted by Crippen LogP contribution is 2.17. The minimum Gasteiger partial charge on any atom is -0.454 e. The molecule has 0 aliphatic heterocycles. The largest absolute Gasteiger partial charge is 0.454 e. The molecule has 1 heterocycles. The van der Waals surface area contributed by atoms with Gasteiger partial charge in [0.15, 0.2) is 11.8 Å². The maximum absolute atomic E-state index is 12.1. The van der Waals surface area contributed by atoms with Gasteiger partial charge in [-0.1, -0.05) is 35.3 Å². The number of rotatable bonds is 6. The minimum absolute atomic E-state index is 0.118. The van der Waals surface area contributed by atoms with Gasteiger partial charge in [0.2, 0.25) is 0 Å². The first kappa shape index (κ1) is 19.7. The minimum atomic E-state index is -0.964. The molecule has 0 radical (unpaired) electrons. The Balaban J connectivity index is 1.83. The summed E-state index contributed by atoms with van der Waals surface area (Å²) < 4.78 is 4.88. The molecular formula is C17H15Cl2N3O4. The summed E-state index contributed by atoms with van der Waals surface area (Å²) in [5.41, 5.74) is 0.535. The van der Waals surface area contributed by atoms with Crippen molar-refractivity contribution in [1.29, 1.82) is 0 Å². The van der Waals surface area contributed by atoms with Gasteiger partial charge in [0.05, 0.1) is 16.3 Å². The number of hydrogen-bond acceptors (Lipinski definition) is 5. The highest BCUT2D eigenvalue weighted by atomic mass is 35.5. The monoisotopic (exact) mass is 395 g/mol. The van der Waals surface area contributed by atoms with Crippen molar-refractivity contribution >= 4 is 46.7 Å². The standard InChI is InChI=1S/C17H15Cl2N3O4/c1-10(21-16(24)11-5-2-3-6-12(11)18)17(25)26-9-14(23)22-13-7-4-8-20-15(13)19/h2-8,10H,9H2,1H3,(H,21,24)(H,22,23)/t10-/m0/s1. The first-order valence-corrected chi connectivity index (χ1v) is 8.26. The molecule has 9 heteroatoms. The fraction of sp³-hybridized carbons (Fsp3) is 0.176. The van der Waals surface area contributed by atoms with Gasteiger partial charge in [0.25, 0.3) is 11.8 Å². The lowest BCUT2D eigenvalue weighted by Crippen LogP contribution is -2.40. The van der Waals surface area contributed by atoms with Crippen molar-refractivity contribution < 1.29 is 19.1 Å². The van der Waals surface area contributed by atoms with E-state index in [9.17, 15) is 14.4 Å². The number of carbonyl (C=O) groups excluding carboxylic acids is 3. The van der Waals surface area contributed by atoms with Crippen LogP contribution in [0.15, 0.2) is 42.6 Å². The van der Waals surface area contributed by atoms with E-state index in [4.69, 9.17) is 27.9 Å². The maximum Gasteiger partial charge on any atom is 0.328 e. The Labute approximate surface area is 159 Å². The zero-order valence-electron chi connectivity index (χ0n) is 13.7. The molecular weight excluding hydrogens is 381 g/mol. The summed E-state index contributed by atoms with van der Waals surface area (Å²) in [6.45, 7) is 0.906.